The Morgan fingerprint density at radius 3 is 2.50 bits per heavy atom. The van der Waals surface area contributed by atoms with E-state index in [1.54, 1.807) is 0 Å². The molecular weight excluding hydrogens is 302 g/mol. The molecule has 0 atom stereocenters. The Bertz CT molecular complexity index is 658. The lowest BCUT2D eigenvalue weighted by molar-refractivity contribution is 0.0767. The lowest BCUT2D eigenvalue weighted by atomic mass is 10.2. The van der Waals surface area contributed by atoms with Gasteiger partial charge >= 0.3 is 0 Å². The maximum Gasteiger partial charge on any atom is 0.253 e. The maximum absolute atomic E-state index is 12.7. The summed E-state index contributed by atoms with van der Waals surface area (Å²) in [7, 11) is 0. The topological polar surface area (TPSA) is 45.7 Å². The second-order valence-electron chi connectivity index (χ2n) is 5.80. The first kappa shape index (κ1) is 16.3. The molecule has 3 rings (SSSR count). The number of hydrogen-bond acceptors (Lipinski definition) is 4. The van der Waals surface area contributed by atoms with Crippen LogP contribution < -0.4 is 9.64 Å². The molecule has 0 unspecified atom stereocenters. The van der Waals surface area contributed by atoms with Crippen LogP contribution in [-0.2, 0) is 0 Å². The van der Waals surface area contributed by atoms with Gasteiger partial charge in [-0.2, -0.15) is 0 Å². The number of anilines is 1. The number of benzene rings is 1. The quantitative estimate of drug-likeness (QED) is 0.867. The van der Waals surface area contributed by atoms with Gasteiger partial charge in [-0.15, -0.1) is 0 Å². The van der Waals surface area contributed by atoms with E-state index in [4.69, 9.17) is 4.74 Å². The Morgan fingerprint density at radius 1 is 1.04 bits per heavy atom. The minimum Gasteiger partial charge on any atom is -0.494 e. The summed E-state index contributed by atoms with van der Waals surface area (Å²) < 4.78 is 5.43. The molecule has 0 N–H and O–H groups in total. The molecule has 126 valence electrons. The largest absolute Gasteiger partial charge is 0.494 e. The van der Waals surface area contributed by atoms with E-state index in [1.807, 2.05) is 60.6 Å². The van der Waals surface area contributed by atoms with Gasteiger partial charge in [-0.05, 0) is 49.7 Å². The number of pyridine rings is 1. The van der Waals surface area contributed by atoms with Gasteiger partial charge in [-0.3, -0.25) is 9.78 Å². The summed E-state index contributed by atoms with van der Waals surface area (Å²) in [6.45, 7) is 5.89. The van der Waals surface area contributed by atoms with Gasteiger partial charge in [-0.25, -0.2) is 0 Å². The van der Waals surface area contributed by atoms with E-state index >= 15 is 0 Å². The van der Waals surface area contributed by atoms with Crippen LogP contribution in [0.15, 0.2) is 48.8 Å². The third-order valence-corrected chi connectivity index (χ3v) is 4.22. The molecule has 1 fully saturated rings. The van der Waals surface area contributed by atoms with Crippen LogP contribution in [0.4, 0.5) is 5.69 Å². The van der Waals surface area contributed by atoms with Gasteiger partial charge in [0.15, 0.2) is 0 Å². The molecule has 1 aliphatic heterocycles. The molecule has 0 bridgehead atoms. The van der Waals surface area contributed by atoms with Crippen molar-refractivity contribution in [1.29, 1.82) is 0 Å². The summed E-state index contributed by atoms with van der Waals surface area (Å²) in [5, 5.41) is 0. The molecule has 1 aromatic heterocycles. The summed E-state index contributed by atoms with van der Waals surface area (Å²) in [6, 6.07) is 11.4. The van der Waals surface area contributed by atoms with Crippen molar-refractivity contribution in [3.05, 3.63) is 54.4 Å². The minimum absolute atomic E-state index is 0.0922. The van der Waals surface area contributed by atoms with E-state index in [1.165, 1.54) is 5.69 Å². The van der Waals surface area contributed by atoms with Crippen LogP contribution in [0, 0.1) is 0 Å². The maximum atomic E-state index is 12.7. The standard InChI is InChI=1S/C19H23N3O2/c1-2-24-18-6-4-16(5-7-18)19(23)22-13-3-12-21(14-15-22)17-8-10-20-11-9-17/h4-11H,2-3,12-15H2,1H3. The molecule has 0 spiro atoms. The number of carbonyl (C=O) groups excluding carboxylic acids is 1. The Kier molecular flexibility index (Phi) is 5.31. The van der Waals surface area contributed by atoms with Crippen LogP contribution >= 0.6 is 0 Å². The SMILES string of the molecule is CCOc1ccc(C(=O)N2CCCN(c3ccncc3)CC2)cc1. The van der Waals surface area contributed by atoms with Crippen LogP contribution in [0.5, 0.6) is 5.75 Å². The second-order valence-corrected chi connectivity index (χ2v) is 5.80. The summed E-state index contributed by atoms with van der Waals surface area (Å²) in [4.78, 5) is 21.0. The number of nitrogens with zero attached hydrogens (tertiary/aromatic N) is 3. The molecule has 1 amide bonds. The fraction of sp³-hybridized carbons (Fsp3) is 0.368. The van der Waals surface area contributed by atoms with Crippen molar-refractivity contribution in [3.63, 3.8) is 0 Å². The summed E-state index contributed by atoms with van der Waals surface area (Å²) in [6.07, 6.45) is 4.58. The fourth-order valence-electron chi connectivity index (χ4n) is 2.98. The van der Waals surface area contributed by atoms with Gasteiger partial charge in [0.1, 0.15) is 5.75 Å². The first-order valence-electron chi connectivity index (χ1n) is 8.45. The summed E-state index contributed by atoms with van der Waals surface area (Å²) in [5.41, 5.74) is 1.89. The van der Waals surface area contributed by atoms with Gasteiger partial charge in [0.25, 0.3) is 5.91 Å². The van der Waals surface area contributed by atoms with Crippen LogP contribution in [0.25, 0.3) is 0 Å². The Balaban J connectivity index is 1.64. The van der Waals surface area contributed by atoms with Crippen LogP contribution in [0.3, 0.4) is 0 Å². The summed E-state index contributed by atoms with van der Waals surface area (Å²) >= 11 is 0. The third-order valence-electron chi connectivity index (χ3n) is 4.22. The van der Waals surface area contributed by atoms with Gasteiger partial charge in [0.05, 0.1) is 6.61 Å². The Hall–Kier alpha value is -2.56. The van der Waals surface area contributed by atoms with E-state index in [-0.39, 0.29) is 5.91 Å². The van der Waals surface area contributed by atoms with E-state index < -0.39 is 0 Å². The molecule has 0 aliphatic carbocycles. The number of rotatable bonds is 4. The van der Waals surface area contributed by atoms with Crippen LogP contribution in [-0.4, -0.2) is 48.6 Å². The normalized spacial score (nSPS) is 15.0. The van der Waals surface area contributed by atoms with Crippen molar-refractivity contribution in [2.24, 2.45) is 0 Å². The number of hydrogen-bond donors (Lipinski definition) is 0. The van der Waals surface area contributed by atoms with Crippen molar-refractivity contribution in [1.82, 2.24) is 9.88 Å². The molecule has 5 nitrogen and oxygen atoms in total. The number of ether oxygens (including phenoxy) is 1. The van der Waals surface area contributed by atoms with Crippen molar-refractivity contribution >= 4 is 11.6 Å². The van der Waals surface area contributed by atoms with E-state index in [9.17, 15) is 4.79 Å². The molecule has 2 heterocycles. The number of aromatic nitrogens is 1. The highest BCUT2D eigenvalue weighted by Crippen LogP contribution is 2.17. The molecule has 0 radical (unpaired) electrons. The number of amides is 1. The highest BCUT2D eigenvalue weighted by Gasteiger charge is 2.20. The van der Waals surface area contributed by atoms with Gasteiger partial charge in [-0.1, -0.05) is 0 Å². The average Bonchev–Trinajstić information content (AvgIpc) is 2.89. The minimum atomic E-state index is 0.0922. The highest BCUT2D eigenvalue weighted by atomic mass is 16.5. The second kappa shape index (κ2) is 7.81. The van der Waals surface area contributed by atoms with E-state index in [0.717, 1.165) is 43.9 Å². The van der Waals surface area contributed by atoms with Crippen LogP contribution in [0.2, 0.25) is 0 Å². The molecule has 24 heavy (non-hydrogen) atoms. The molecular formula is C19H23N3O2. The summed E-state index contributed by atoms with van der Waals surface area (Å²) in [5.74, 6) is 0.892. The predicted octanol–water partition coefficient (Wildman–Crippen LogP) is 2.83. The zero-order valence-corrected chi connectivity index (χ0v) is 14.0. The zero-order chi connectivity index (χ0) is 16.8. The van der Waals surface area contributed by atoms with E-state index in [2.05, 4.69) is 9.88 Å². The molecule has 1 saturated heterocycles. The third kappa shape index (κ3) is 3.85. The monoisotopic (exact) mass is 325 g/mol. The highest BCUT2D eigenvalue weighted by molar-refractivity contribution is 5.94. The van der Waals surface area contributed by atoms with Crippen molar-refractivity contribution in [2.45, 2.75) is 13.3 Å². The zero-order valence-electron chi connectivity index (χ0n) is 14.0. The van der Waals surface area contributed by atoms with Gasteiger partial charge in [0, 0.05) is 49.8 Å². The first-order chi connectivity index (χ1) is 11.8. The first-order valence-corrected chi connectivity index (χ1v) is 8.45. The molecule has 2 aromatic rings. The molecule has 0 saturated carbocycles. The van der Waals surface area contributed by atoms with Crippen molar-refractivity contribution < 1.29 is 9.53 Å². The fourth-order valence-corrected chi connectivity index (χ4v) is 2.98. The molecule has 1 aromatic carbocycles. The lowest BCUT2D eigenvalue weighted by Crippen LogP contribution is -2.35. The lowest BCUT2D eigenvalue weighted by Gasteiger charge is -2.23. The molecule has 1 aliphatic rings. The predicted molar refractivity (Wildman–Crippen MR) is 94.6 cm³/mol. The Labute approximate surface area is 142 Å². The van der Waals surface area contributed by atoms with Crippen LogP contribution in [0.1, 0.15) is 23.7 Å². The van der Waals surface area contributed by atoms with Gasteiger partial charge < -0.3 is 14.5 Å². The molecule has 5 heteroatoms. The number of carbonyl (C=O) groups is 1. The van der Waals surface area contributed by atoms with Crippen molar-refractivity contribution in [2.75, 3.05) is 37.7 Å². The van der Waals surface area contributed by atoms with Gasteiger partial charge in [0.2, 0.25) is 0 Å². The van der Waals surface area contributed by atoms with E-state index in [0.29, 0.717) is 6.61 Å². The average molecular weight is 325 g/mol. The van der Waals surface area contributed by atoms with Crippen molar-refractivity contribution in [3.8, 4) is 5.75 Å². The Morgan fingerprint density at radius 2 is 1.79 bits per heavy atom. The smallest absolute Gasteiger partial charge is 0.253 e.